The number of imidazole rings is 1. The summed E-state index contributed by atoms with van der Waals surface area (Å²) in [5.74, 6) is 0. The number of rotatable bonds is 1. The summed E-state index contributed by atoms with van der Waals surface area (Å²) in [6.07, 6.45) is 2.02. The van der Waals surface area contributed by atoms with Crippen molar-refractivity contribution < 1.29 is 0 Å². The zero-order chi connectivity index (χ0) is 18.8. The van der Waals surface area contributed by atoms with E-state index < -0.39 is 0 Å². The van der Waals surface area contributed by atoms with Gasteiger partial charge in [0, 0.05) is 16.3 Å². The van der Waals surface area contributed by atoms with Crippen molar-refractivity contribution in [2.24, 2.45) is 0 Å². The van der Waals surface area contributed by atoms with Gasteiger partial charge < -0.3 is 0 Å². The Morgan fingerprint density at radius 1 is 0.714 bits per heavy atom. The van der Waals surface area contributed by atoms with E-state index in [0.717, 1.165) is 22.4 Å². The lowest BCUT2D eigenvalue weighted by Crippen LogP contribution is -1.99. The maximum atomic E-state index is 4.88. The minimum Gasteiger partial charge on any atom is -0.295 e. The lowest BCUT2D eigenvalue weighted by molar-refractivity contribution is 1.16. The van der Waals surface area contributed by atoms with Crippen LogP contribution in [-0.2, 0) is 0 Å². The molecule has 0 saturated heterocycles. The van der Waals surface area contributed by atoms with Crippen LogP contribution in [0.15, 0.2) is 79.0 Å². The quantitative estimate of drug-likeness (QED) is 0.343. The number of nitrogens with zero attached hydrogens (tertiary/aromatic N) is 3. The molecule has 134 valence electrons. The SMILES string of the molecule is Cc1cccc(C)c1-c1cnc2c3ccccc3n3c4ccccc4cc3n12. The molecule has 3 heteroatoms. The highest BCUT2D eigenvalue weighted by Crippen LogP contribution is 2.34. The van der Waals surface area contributed by atoms with Crippen molar-refractivity contribution in [1.29, 1.82) is 0 Å². The van der Waals surface area contributed by atoms with E-state index in [2.05, 4.69) is 95.4 Å². The van der Waals surface area contributed by atoms with Gasteiger partial charge in [0.25, 0.3) is 0 Å². The molecule has 0 atom stereocenters. The van der Waals surface area contributed by atoms with Crippen LogP contribution in [0.25, 0.3) is 44.4 Å². The molecule has 0 N–H and O–H groups in total. The Morgan fingerprint density at radius 3 is 2.25 bits per heavy atom. The Morgan fingerprint density at radius 2 is 1.43 bits per heavy atom. The first-order valence-electron chi connectivity index (χ1n) is 9.59. The highest BCUT2D eigenvalue weighted by molar-refractivity contribution is 6.00. The van der Waals surface area contributed by atoms with Gasteiger partial charge in [-0.1, -0.05) is 48.5 Å². The van der Waals surface area contributed by atoms with Gasteiger partial charge in [0.05, 0.1) is 22.9 Å². The molecule has 6 rings (SSSR count). The van der Waals surface area contributed by atoms with Gasteiger partial charge in [0.2, 0.25) is 0 Å². The number of fused-ring (bicyclic) bond motifs is 8. The summed E-state index contributed by atoms with van der Waals surface area (Å²) < 4.78 is 4.67. The molecule has 3 aromatic heterocycles. The normalized spacial score (nSPS) is 11.9. The second-order valence-corrected chi connectivity index (χ2v) is 7.48. The zero-order valence-electron chi connectivity index (χ0n) is 15.8. The molecule has 6 aromatic rings. The van der Waals surface area contributed by atoms with Crippen molar-refractivity contribution in [3.8, 4) is 11.3 Å². The fourth-order valence-electron chi connectivity index (χ4n) is 4.58. The minimum absolute atomic E-state index is 1.00. The van der Waals surface area contributed by atoms with Gasteiger partial charge in [-0.25, -0.2) is 4.98 Å². The number of hydrogen-bond acceptors (Lipinski definition) is 1. The topological polar surface area (TPSA) is 21.7 Å². The van der Waals surface area contributed by atoms with Crippen molar-refractivity contribution in [1.82, 2.24) is 13.8 Å². The molecule has 0 spiro atoms. The molecule has 0 aliphatic rings. The van der Waals surface area contributed by atoms with Crippen molar-refractivity contribution >= 4 is 33.1 Å². The van der Waals surface area contributed by atoms with E-state index >= 15 is 0 Å². The summed E-state index contributed by atoms with van der Waals surface area (Å²) in [5.41, 5.74) is 9.49. The van der Waals surface area contributed by atoms with Gasteiger partial charge in [0.1, 0.15) is 11.3 Å². The molecule has 0 aliphatic carbocycles. The Labute approximate surface area is 162 Å². The Balaban J connectivity index is 1.92. The summed E-state index contributed by atoms with van der Waals surface area (Å²) in [6, 6.07) is 25.9. The molecule has 3 nitrogen and oxygen atoms in total. The smallest absolute Gasteiger partial charge is 0.148 e. The van der Waals surface area contributed by atoms with Crippen LogP contribution in [-0.4, -0.2) is 13.8 Å². The fraction of sp³-hybridized carbons (Fsp3) is 0.0800. The van der Waals surface area contributed by atoms with E-state index in [1.165, 1.54) is 33.1 Å². The third-order valence-electron chi connectivity index (χ3n) is 5.81. The molecular weight excluding hydrogens is 342 g/mol. The number of benzene rings is 3. The summed E-state index contributed by atoms with van der Waals surface area (Å²) in [4.78, 5) is 4.88. The molecule has 0 bridgehead atoms. The second kappa shape index (κ2) is 5.46. The standard InChI is InChI=1S/C25H19N3/c1-16-8-7-9-17(2)24(16)22-15-26-25-19-11-4-6-13-21(19)27-20-12-5-3-10-18(20)14-23(27)28(22)25/h3-15H,1-2H3. The summed E-state index contributed by atoms with van der Waals surface area (Å²) in [7, 11) is 0. The van der Waals surface area contributed by atoms with E-state index in [4.69, 9.17) is 4.98 Å². The molecule has 3 heterocycles. The first-order chi connectivity index (χ1) is 13.7. The van der Waals surface area contributed by atoms with E-state index in [0.29, 0.717) is 0 Å². The molecule has 0 amide bonds. The third-order valence-corrected chi connectivity index (χ3v) is 5.81. The molecular formula is C25H19N3. The Kier molecular flexibility index (Phi) is 3.01. The van der Waals surface area contributed by atoms with Crippen LogP contribution >= 0.6 is 0 Å². The van der Waals surface area contributed by atoms with E-state index in [1.54, 1.807) is 0 Å². The zero-order valence-corrected chi connectivity index (χ0v) is 15.8. The van der Waals surface area contributed by atoms with Gasteiger partial charge in [-0.15, -0.1) is 0 Å². The number of para-hydroxylation sites is 2. The summed E-state index contributed by atoms with van der Waals surface area (Å²) in [5, 5.41) is 2.40. The minimum atomic E-state index is 1.00. The van der Waals surface area contributed by atoms with Crippen LogP contribution in [0.2, 0.25) is 0 Å². The Bertz CT molecular complexity index is 1510. The van der Waals surface area contributed by atoms with Gasteiger partial charge in [-0.2, -0.15) is 0 Å². The lowest BCUT2D eigenvalue weighted by atomic mass is 10.0. The first kappa shape index (κ1) is 15.5. The van der Waals surface area contributed by atoms with E-state index in [-0.39, 0.29) is 0 Å². The number of aromatic nitrogens is 3. The van der Waals surface area contributed by atoms with Crippen LogP contribution in [0.3, 0.4) is 0 Å². The predicted octanol–water partition coefficient (Wildman–Crippen LogP) is 6.18. The molecule has 0 unspecified atom stereocenters. The number of aryl methyl sites for hydroxylation is 2. The van der Waals surface area contributed by atoms with Crippen LogP contribution in [0.5, 0.6) is 0 Å². The van der Waals surface area contributed by atoms with Crippen molar-refractivity contribution in [3.05, 3.63) is 90.1 Å². The highest BCUT2D eigenvalue weighted by atomic mass is 15.1. The van der Waals surface area contributed by atoms with E-state index in [1.807, 2.05) is 6.20 Å². The monoisotopic (exact) mass is 361 g/mol. The average Bonchev–Trinajstić information content (AvgIpc) is 3.30. The molecule has 0 saturated carbocycles. The summed E-state index contributed by atoms with van der Waals surface area (Å²) in [6.45, 7) is 4.35. The van der Waals surface area contributed by atoms with Crippen molar-refractivity contribution in [2.45, 2.75) is 13.8 Å². The molecule has 0 radical (unpaired) electrons. The van der Waals surface area contributed by atoms with Gasteiger partial charge >= 0.3 is 0 Å². The van der Waals surface area contributed by atoms with Crippen LogP contribution in [0, 0.1) is 13.8 Å². The van der Waals surface area contributed by atoms with Crippen molar-refractivity contribution in [3.63, 3.8) is 0 Å². The molecule has 28 heavy (non-hydrogen) atoms. The molecule has 0 fully saturated rings. The van der Waals surface area contributed by atoms with Gasteiger partial charge in [-0.05, 0) is 49.2 Å². The predicted molar refractivity (Wildman–Crippen MR) is 116 cm³/mol. The van der Waals surface area contributed by atoms with Gasteiger partial charge in [0.15, 0.2) is 0 Å². The first-order valence-corrected chi connectivity index (χ1v) is 9.59. The Hall–Kier alpha value is -3.59. The van der Waals surface area contributed by atoms with Crippen LogP contribution < -0.4 is 0 Å². The highest BCUT2D eigenvalue weighted by Gasteiger charge is 2.18. The molecule has 3 aromatic carbocycles. The van der Waals surface area contributed by atoms with E-state index in [9.17, 15) is 0 Å². The lowest BCUT2D eigenvalue weighted by Gasteiger charge is -2.13. The van der Waals surface area contributed by atoms with Crippen LogP contribution in [0.1, 0.15) is 11.1 Å². The maximum absolute atomic E-state index is 4.88. The largest absolute Gasteiger partial charge is 0.295 e. The average molecular weight is 361 g/mol. The van der Waals surface area contributed by atoms with Crippen molar-refractivity contribution in [2.75, 3.05) is 0 Å². The number of hydrogen-bond donors (Lipinski definition) is 0. The van der Waals surface area contributed by atoms with Crippen LogP contribution in [0.4, 0.5) is 0 Å². The van der Waals surface area contributed by atoms with Gasteiger partial charge in [-0.3, -0.25) is 8.80 Å². The second-order valence-electron chi connectivity index (χ2n) is 7.48. The fourth-order valence-corrected chi connectivity index (χ4v) is 4.58. The summed E-state index contributed by atoms with van der Waals surface area (Å²) >= 11 is 0. The molecule has 0 aliphatic heterocycles. The third kappa shape index (κ3) is 1.91. The maximum Gasteiger partial charge on any atom is 0.148 e.